The van der Waals surface area contributed by atoms with Gasteiger partial charge in [0.05, 0.1) is 0 Å². The van der Waals surface area contributed by atoms with Crippen LogP contribution < -0.4 is 11.5 Å². The van der Waals surface area contributed by atoms with E-state index in [0.717, 1.165) is 13.1 Å². The van der Waals surface area contributed by atoms with Gasteiger partial charge in [-0.25, -0.2) is 0 Å². The predicted molar refractivity (Wildman–Crippen MR) is 52.9 cm³/mol. The second-order valence-electron chi connectivity index (χ2n) is 2.34. The van der Waals surface area contributed by atoms with E-state index in [1.807, 2.05) is 13.8 Å². The van der Waals surface area contributed by atoms with E-state index >= 15 is 0 Å². The summed E-state index contributed by atoms with van der Waals surface area (Å²) in [5.74, 6) is 0. The Hall–Kier alpha value is 0.210. The SMILES string of the molecule is CCN.CCN.ClC1CCC1. The highest BCUT2D eigenvalue weighted by Gasteiger charge is 2.11. The lowest BCUT2D eigenvalue weighted by Gasteiger charge is -2.16. The Bertz CT molecular complexity index is 54.1. The van der Waals surface area contributed by atoms with Gasteiger partial charge in [0.2, 0.25) is 0 Å². The van der Waals surface area contributed by atoms with Gasteiger partial charge in [-0.3, -0.25) is 0 Å². The summed E-state index contributed by atoms with van der Waals surface area (Å²) in [6.45, 7) is 5.31. The van der Waals surface area contributed by atoms with Gasteiger partial charge in [0.1, 0.15) is 0 Å². The highest BCUT2D eigenvalue weighted by Crippen LogP contribution is 2.23. The van der Waals surface area contributed by atoms with E-state index < -0.39 is 0 Å². The molecule has 0 bridgehead atoms. The van der Waals surface area contributed by atoms with Gasteiger partial charge in [-0.2, -0.15) is 0 Å². The van der Waals surface area contributed by atoms with E-state index in [1.54, 1.807) is 0 Å². The molecule has 0 atom stereocenters. The third-order valence-corrected chi connectivity index (χ3v) is 1.47. The van der Waals surface area contributed by atoms with Crippen LogP contribution in [0.3, 0.4) is 0 Å². The van der Waals surface area contributed by atoms with Crippen molar-refractivity contribution >= 4 is 11.6 Å². The van der Waals surface area contributed by atoms with Gasteiger partial charge in [0.15, 0.2) is 0 Å². The standard InChI is InChI=1S/C4H7Cl.2C2H7N/c5-4-2-1-3-4;2*1-2-3/h4H,1-3H2;2*2-3H2,1H3. The lowest BCUT2D eigenvalue weighted by Crippen LogP contribution is -2.08. The average Bonchev–Trinajstić information content (AvgIpc) is 1.87. The van der Waals surface area contributed by atoms with E-state index in [4.69, 9.17) is 23.1 Å². The molecule has 0 unspecified atom stereocenters. The zero-order valence-electron chi connectivity index (χ0n) is 7.65. The third kappa shape index (κ3) is 17.8. The number of hydrogen-bond acceptors (Lipinski definition) is 2. The van der Waals surface area contributed by atoms with Crippen molar-refractivity contribution in [3.8, 4) is 0 Å². The molecule has 70 valence electrons. The van der Waals surface area contributed by atoms with Crippen LogP contribution in [-0.2, 0) is 0 Å². The van der Waals surface area contributed by atoms with Gasteiger partial charge in [0.25, 0.3) is 0 Å². The van der Waals surface area contributed by atoms with Gasteiger partial charge in [0, 0.05) is 5.38 Å². The molecule has 0 aliphatic heterocycles. The van der Waals surface area contributed by atoms with Crippen molar-refractivity contribution in [2.45, 2.75) is 38.5 Å². The van der Waals surface area contributed by atoms with Crippen LogP contribution in [0.15, 0.2) is 0 Å². The van der Waals surface area contributed by atoms with Gasteiger partial charge < -0.3 is 11.5 Å². The molecular formula is C8H21ClN2. The van der Waals surface area contributed by atoms with Crippen molar-refractivity contribution in [3.05, 3.63) is 0 Å². The highest BCUT2D eigenvalue weighted by atomic mass is 35.5. The smallest absolute Gasteiger partial charge is 0.0336 e. The molecule has 11 heavy (non-hydrogen) atoms. The minimum absolute atomic E-state index is 0.537. The Kier molecular flexibility index (Phi) is 16.1. The van der Waals surface area contributed by atoms with Crippen LogP contribution in [-0.4, -0.2) is 18.5 Å². The summed E-state index contributed by atoms with van der Waals surface area (Å²) in [6.07, 6.45) is 3.86. The number of alkyl halides is 1. The quantitative estimate of drug-likeness (QED) is 0.558. The van der Waals surface area contributed by atoms with Crippen molar-refractivity contribution in [3.63, 3.8) is 0 Å². The van der Waals surface area contributed by atoms with Crippen molar-refractivity contribution < 1.29 is 0 Å². The topological polar surface area (TPSA) is 52.0 Å². The van der Waals surface area contributed by atoms with E-state index in [0.29, 0.717) is 5.38 Å². The molecule has 0 spiro atoms. The monoisotopic (exact) mass is 180 g/mol. The second kappa shape index (κ2) is 12.8. The number of rotatable bonds is 0. The summed E-state index contributed by atoms with van der Waals surface area (Å²) in [5, 5.41) is 0.537. The molecule has 1 fully saturated rings. The van der Waals surface area contributed by atoms with Crippen LogP contribution in [0.25, 0.3) is 0 Å². The fourth-order valence-electron chi connectivity index (χ4n) is 0.358. The van der Waals surface area contributed by atoms with Crippen LogP contribution in [0, 0.1) is 0 Å². The summed E-state index contributed by atoms with van der Waals surface area (Å²) in [4.78, 5) is 0. The van der Waals surface area contributed by atoms with E-state index in [-0.39, 0.29) is 0 Å². The summed E-state index contributed by atoms with van der Waals surface area (Å²) >= 11 is 5.55. The van der Waals surface area contributed by atoms with E-state index in [2.05, 4.69) is 0 Å². The van der Waals surface area contributed by atoms with Crippen molar-refractivity contribution in [1.82, 2.24) is 0 Å². The molecule has 1 aliphatic rings. The summed E-state index contributed by atoms with van der Waals surface area (Å²) in [6, 6.07) is 0. The predicted octanol–water partition coefficient (Wildman–Crippen LogP) is 1.71. The molecular weight excluding hydrogens is 160 g/mol. The van der Waals surface area contributed by atoms with Gasteiger partial charge in [-0.15, -0.1) is 11.6 Å². The van der Waals surface area contributed by atoms with Crippen molar-refractivity contribution in [1.29, 1.82) is 0 Å². The maximum atomic E-state index is 5.55. The molecule has 0 aromatic rings. The number of nitrogens with two attached hydrogens (primary N) is 2. The Morgan fingerprint density at radius 2 is 1.36 bits per heavy atom. The Morgan fingerprint density at radius 3 is 1.36 bits per heavy atom. The molecule has 2 nitrogen and oxygen atoms in total. The fourth-order valence-corrected chi connectivity index (χ4v) is 0.667. The van der Waals surface area contributed by atoms with Gasteiger partial charge in [-0.1, -0.05) is 20.3 Å². The lowest BCUT2D eigenvalue weighted by molar-refractivity contribution is 0.514. The molecule has 1 saturated carbocycles. The normalized spacial score (nSPS) is 15.0. The van der Waals surface area contributed by atoms with Crippen LogP contribution in [0.2, 0.25) is 0 Å². The third-order valence-electron chi connectivity index (χ3n) is 1.03. The zero-order valence-corrected chi connectivity index (χ0v) is 8.40. The lowest BCUT2D eigenvalue weighted by atomic mass is 10.0. The zero-order chi connectivity index (χ0) is 9.11. The average molecular weight is 181 g/mol. The fraction of sp³-hybridized carbons (Fsp3) is 1.00. The largest absolute Gasteiger partial charge is 0.331 e. The first-order valence-electron chi connectivity index (χ1n) is 4.27. The molecule has 0 aromatic carbocycles. The van der Waals surface area contributed by atoms with E-state index in [9.17, 15) is 0 Å². The van der Waals surface area contributed by atoms with Crippen LogP contribution in [0.5, 0.6) is 0 Å². The Labute approximate surface area is 75.3 Å². The molecule has 1 rings (SSSR count). The highest BCUT2D eigenvalue weighted by molar-refractivity contribution is 6.21. The molecule has 4 N–H and O–H groups in total. The van der Waals surface area contributed by atoms with Gasteiger partial charge in [-0.05, 0) is 25.9 Å². The molecule has 0 heterocycles. The molecule has 3 heteroatoms. The minimum atomic E-state index is 0.537. The Balaban J connectivity index is 0. The first-order valence-corrected chi connectivity index (χ1v) is 4.70. The van der Waals surface area contributed by atoms with Crippen LogP contribution in [0.1, 0.15) is 33.1 Å². The van der Waals surface area contributed by atoms with Crippen molar-refractivity contribution in [2.24, 2.45) is 11.5 Å². The van der Waals surface area contributed by atoms with Crippen LogP contribution >= 0.6 is 11.6 Å². The first kappa shape index (κ1) is 13.8. The number of hydrogen-bond donors (Lipinski definition) is 2. The molecule has 0 aromatic heterocycles. The Morgan fingerprint density at radius 1 is 1.18 bits per heavy atom. The maximum Gasteiger partial charge on any atom is 0.0336 e. The molecule has 0 amide bonds. The molecule has 0 saturated heterocycles. The van der Waals surface area contributed by atoms with Gasteiger partial charge >= 0.3 is 0 Å². The van der Waals surface area contributed by atoms with Crippen molar-refractivity contribution in [2.75, 3.05) is 13.1 Å². The van der Waals surface area contributed by atoms with E-state index in [1.165, 1.54) is 19.3 Å². The maximum absolute atomic E-state index is 5.55. The first-order chi connectivity index (χ1) is 5.22. The molecule has 1 aliphatic carbocycles. The summed E-state index contributed by atoms with van der Waals surface area (Å²) in [5.41, 5.74) is 9.69. The van der Waals surface area contributed by atoms with Crippen LogP contribution in [0.4, 0.5) is 0 Å². The summed E-state index contributed by atoms with van der Waals surface area (Å²) < 4.78 is 0. The summed E-state index contributed by atoms with van der Waals surface area (Å²) in [7, 11) is 0. The molecule has 0 radical (unpaired) electrons. The minimum Gasteiger partial charge on any atom is -0.331 e. The number of halogens is 1. The second-order valence-corrected chi connectivity index (χ2v) is 2.96.